The van der Waals surface area contributed by atoms with Crippen molar-refractivity contribution in [3.05, 3.63) is 82.9 Å². The minimum atomic E-state index is -4.84. The van der Waals surface area contributed by atoms with Crippen molar-refractivity contribution in [2.45, 2.75) is 23.6 Å². The Morgan fingerprint density at radius 2 is 1.11 bits per heavy atom. The third kappa shape index (κ3) is 3.47. The molecule has 0 saturated heterocycles. The maximum absolute atomic E-state index is 14.1. The van der Waals surface area contributed by atoms with E-state index < -0.39 is 48.5 Å². The number of ether oxygens (including phenoxy) is 1. The van der Waals surface area contributed by atoms with Crippen LogP contribution in [0.3, 0.4) is 0 Å². The van der Waals surface area contributed by atoms with Gasteiger partial charge in [-0.1, -0.05) is 17.7 Å². The van der Waals surface area contributed by atoms with Gasteiger partial charge in [-0.15, -0.1) is 0 Å². The van der Waals surface area contributed by atoms with E-state index >= 15 is 0 Å². The van der Waals surface area contributed by atoms with E-state index in [0.29, 0.717) is 5.75 Å². The zero-order valence-corrected chi connectivity index (χ0v) is 15.6. The molecule has 3 aromatic carbocycles. The van der Waals surface area contributed by atoms with E-state index in [2.05, 4.69) is 0 Å². The summed E-state index contributed by atoms with van der Waals surface area (Å²) in [5.74, 6) is -6.66. The maximum atomic E-state index is 14.1. The van der Waals surface area contributed by atoms with Crippen LogP contribution in [0, 0.1) is 37.1 Å². The highest BCUT2D eigenvalue weighted by atomic mass is 32.2. The molecular formula is C20H14F4O3S. The highest BCUT2D eigenvalue weighted by Gasteiger charge is 2.33. The SMILES string of the molecule is Cc1ccc(Oc2ccc(S(=O)(=O)c3c(F)c(F)c(C)c(F)c3F)cc2)cc1. The first-order valence-electron chi connectivity index (χ1n) is 8.05. The molecule has 3 aromatic rings. The molecule has 0 fully saturated rings. The summed E-state index contributed by atoms with van der Waals surface area (Å²) in [5, 5.41) is 0. The molecule has 0 unspecified atom stereocenters. The molecule has 0 N–H and O–H groups in total. The largest absolute Gasteiger partial charge is 0.457 e. The molecule has 0 aliphatic carbocycles. The fourth-order valence-corrected chi connectivity index (χ4v) is 3.89. The van der Waals surface area contributed by atoms with Crippen molar-refractivity contribution < 1.29 is 30.7 Å². The first kappa shape index (κ1) is 19.9. The van der Waals surface area contributed by atoms with Crippen molar-refractivity contribution in [1.82, 2.24) is 0 Å². The van der Waals surface area contributed by atoms with Crippen LogP contribution >= 0.6 is 0 Å². The van der Waals surface area contributed by atoms with Crippen molar-refractivity contribution >= 4 is 9.84 Å². The van der Waals surface area contributed by atoms with Crippen LogP contribution in [-0.4, -0.2) is 8.42 Å². The zero-order valence-electron chi connectivity index (χ0n) is 14.8. The van der Waals surface area contributed by atoms with Gasteiger partial charge in [0.25, 0.3) is 0 Å². The van der Waals surface area contributed by atoms with E-state index in [1.54, 1.807) is 12.1 Å². The molecule has 3 nitrogen and oxygen atoms in total. The van der Waals surface area contributed by atoms with Crippen LogP contribution in [-0.2, 0) is 9.84 Å². The zero-order chi connectivity index (χ0) is 20.6. The summed E-state index contributed by atoms with van der Waals surface area (Å²) in [6.07, 6.45) is 0. The van der Waals surface area contributed by atoms with Crippen LogP contribution in [0.2, 0.25) is 0 Å². The van der Waals surface area contributed by atoms with Crippen molar-refractivity contribution in [3.8, 4) is 11.5 Å². The smallest absolute Gasteiger partial charge is 0.212 e. The molecule has 0 atom stereocenters. The van der Waals surface area contributed by atoms with Crippen molar-refractivity contribution in [2.75, 3.05) is 0 Å². The van der Waals surface area contributed by atoms with Gasteiger partial charge in [0.05, 0.1) is 4.90 Å². The Kier molecular flexibility index (Phi) is 5.16. The van der Waals surface area contributed by atoms with Gasteiger partial charge in [-0.3, -0.25) is 0 Å². The van der Waals surface area contributed by atoms with Gasteiger partial charge < -0.3 is 4.74 Å². The molecule has 0 aliphatic rings. The van der Waals surface area contributed by atoms with Crippen molar-refractivity contribution in [3.63, 3.8) is 0 Å². The summed E-state index contributed by atoms with van der Waals surface area (Å²) in [5.41, 5.74) is 0.0891. The van der Waals surface area contributed by atoms with Gasteiger partial charge in [-0.25, -0.2) is 26.0 Å². The minimum absolute atomic E-state index is 0.269. The lowest BCUT2D eigenvalue weighted by Gasteiger charge is -2.11. The summed E-state index contributed by atoms with van der Waals surface area (Å²) >= 11 is 0. The van der Waals surface area contributed by atoms with E-state index in [9.17, 15) is 26.0 Å². The fraction of sp³-hybridized carbons (Fsp3) is 0.100. The lowest BCUT2D eigenvalue weighted by atomic mass is 10.2. The first-order chi connectivity index (χ1) is 13.1. The normalized spacial score (nSPS) is 11.5. The second kappa shape index (κ2) is 7.27. The van der Waals surface area contributed by atoms with E-state index in [-0.39, 0.29) is 5.75 Å². The van der Waals surface area contributed by atoms with E-state index in [4.69, 9.17) is 4.74 Å². The predicted molar refractivity (Wildman–Crippen MR) is 94.2 cm³/mol. The van der Waals surface area contributed by atoms with Crippen LogP contribution in [0.15, 0.2) is 58.3 Å². The van der Waals surface area contributed by atoms with Gasteiger partial charge in [0, 0.05) is 5.56 Å². The van der Waals surface area contributed by atoms with Crippen molar-refractivity contribution in [2.24, 2.45) is 0 Å². The van der Waals surface area contributed by atoms with Gasteiger partial charge in [0.15, 0.2) is 23.3 Å². The fourth-order valence-electron chi connectivity index (χ4n) is 2.50. The summed E-state index contributed by atoms with van der Waals surface area (Å²) in [7, 11) is -4.84. The number of hydrogen-bond donors (Lipinski definition) is 0. The summed E-state index contributed by atoms with van der Waals surface area (Å²) < 4.78 is 86.3. The minimum Gasteiger partial charge on any atom is -0.457 e. The molecule has 0 amide bonds. The predicted octanol–water partition coefficient (Wildman–Crippen LogP) is 5.48. The number of halogens is 4. The number of sulfone groups is 1. The lowest BCUT2D eigenvalue weighted by molar-refractivity contribution is 0.412. The second-order valence-electron chi connectivity index (χ2n) is 6.10. The molecule has 0 heterocycles. The Morgan fingerprint density at radius 3 is 1.57 bits per heavy atom. The summed E-state index contributed by atoms with van der Waals surface area (Å²) in [6.45, 7) is 2.71. The molecule has 0 saturated carbocycles. The summed E-state index contributed by atoms with van der Waals surface area (Å²) in [6, 6.07) is 11.7. The third-order valence-corrected chi connectivity index (χ3v) is 5.89. The Morgan fingerprint density at radius 1 is 0.679 bits per heavy atom. The van der Waals surface area contributed by atoms with Crippen LogP contribution in [0.4, 0.5) is 17.6 Å². The summed E-state index contributed by atoms with van der Waals surface area (Å²) in [4.78, 5) is -2.20. The topological polar surface area (TPSA) is 43.4 Å². The molecule has 0 radical (unpaired) electrons. The van der Waals surface area contributed by atoms with Crippen LogP contribution < -0.4 is 4.74 Å². The second-order valence-corrected chi connectivity index (χ2v) is 7.99. The van der Waals surface area contributed by atoms with Gasteiger partial charge in [-0.05, 0) is 50.2 Å². The first-order valence-corrected chi connectivity index (χ1v) is 9.53. The number of hydrogen-bond acceptors (Lipinski definition) is 3. The average molecular weight is 410 g/mol. The molecular weight excluding hydrogens is 396 g/mol. The molecule has 0 aliphatic heterocycles. The Bertz CT molecular complexity index is 1110. The van der Waals surface area contributed by atoms with Gasteiger partial charge in [0.1, 0.15) is 16.4 Å². The maximum Gasteiger partial charge on any atom is 0.212 e. The van der Waals surface area contributed by atoms with Gasteiger partial charge in [-0.2, -0.15) is 0 Å². The number of benzene rings is 3. The third-order valence-electron chi connectivity index (χ3n) is 4.10. The molecule has 146 valence electrons. The molecule has 0 spiro atoms. The highest BCUT2D eigenvalue weighted by molar-refractivity contribution is 7.91. The van der Waals surface area contributed by atoms with E-state index in [0.717, 1.165) is 24.6 Å². The van der Waals surface area contributed by atoms with Crippen LogP contribution in [0.1, 0.15) is 11.1 Å². The number of aryl methyl sites for hydroxylation is 1. The number of rotatable bonds is 4. The van der Waals surface area contributed by atoms with Crippen LogP contribution in [0.5, 0.6) is 11.5 Å². The van der Waals surface area contributed by atoms with Crippen LogP contribution in [0.25, 0.3) is 0 Å². The molecule has 3 rings (SSSR count). The van der Waals surface area contributed by atoms with Crippen molar-refractivity contribution in [1.29, 1.82) is 0 Å². The quantitative estimate of drug-likeness (QED) is 0.422. The van der Waals surface area contributed by atoms with Gasteiger partial charge >= 0.3 is 0 Å². The monoisotopic (exact) mass is 410 g/mol. The molecule has 0 aromatic heterocycles. The molecule has 8 heteroatoms. The molecule has 28 heavy (non-hydrogen) atoms. The van der Waals surface area contributed by atoms with Gasteiger partial charge in [0.2, 0.25) is 9.84 Å². The Labute approximate surface area is 159 Å². The Hall–Kier alpha value is -2.87. The average Bonchev–Trinajstić information content (AvgIpc) is 2.67. The Balaban J connectivity index is 1.99. The lowest BCUT2D eigenvalue weighted by Crippen LogP contribution is -2.12. The standard InChI is InChI=1S/C20H14F4O3S/c1-11-3-5-13(6-4-11)27-14-7-9-15(10-8-14)28(25,26)20-18(23)16(21)12(2)17(22)19(20)24/h3-10H,1-2H3. The highest BCUT2D eigenvalue weighted by Crippen LogP contribution is 2.32. The van der Waals surface area contributed by atoms with E-state index in [1.807, 2.05) is 19.1 Å². The molecule has 0 bridgehead atoms. The van der Waals surface area contributed by atoms with E-state index in [1.165, 1.54) is 12.1 Å².